The maximum absolute atomic E-state index is 13.2. The fourth-order valence-electron chi connectivity index (χ4n) is 4.62. The van der Waals surface area contributed by atoms with Crippen molar-refractivity contribution in [3.8, 4) is 5.75 Å². The first kappa shape index (κ1) is 24.5. The number of hydrogen-bond acceptors (Lipinski definition) is 4. The van der Waals surface area contributed by atoms with Gasteiger partial charge in [-0.25, -0.2) is 0 Å². The lowest BCUT2D eigenvalue weighted by molar-refractivity contribution is -0.139. The summed E-state index contributed by atoms with van der Waals surface area (Å²) in [7, 11) is 1.83. The minimum atomic E-state index is -0.897. The molecule has 1 saturated carbocycles. The smallest absolute Gasteiger partial charge is 0.321 e. The van der Waals surface area contributed by atoms with Crippen molar-refractivity contribution in [3.05, 3.63) is 102 Å². The first-order valence-electron chi connectivity index (χ1n) is 12.1. The molecule has 3 unspecified atom stereocenters. The summed E-state index contributed by atoms with van der Waals surface area (Å²) in [5.41, 5.74) is 2.48. The van der Waals surface area contributed by atoms with Gasteiger partial charge in [-0.3, -0.25) is 9.59 Å². The second kappa shape index (κ2) is 11.7. The van der Waals surface area contributed by atoms with Crippen molar-refractivity contribution >= 4 is 11.9 Å². The first-order chi connectivity index (χ1) is 17.0. The van der Waals surface area contributed by atoms with Gasteiger partial charge in [0.2, 0.25) is 0 Å². The van der Waals surface area contributed by atoms with Crippen LogP contribution in [0.2, 0.25) is 0 Å². The fourth-order valence-corrected chi connectivity index (χ4v) is 4.62. The molecule has 3 aromatic rings. The topological polar surface area (TPSA) is 78.9 Å². The number of aliphatic carboxylic acids is 1. The molecule has 0 aliphatic heterocycles. The van der Waals surface area contributed by atoms with Crippen molar-refractivity contribution in [3.63, 3.8) is 0 Å². The molecular formula is C29H32N2O4. The average Bonchev–Trinajstić information content (AvgIpc) is 3.35. The van der Waals surface area contributed by atoms with Crippen molar-refractivity contribution in [2.75, 3.05) is 7.05 Å². The van der Waals surface area contributed by atoms with E-state index in [1.807, 2.05) is 79.8 Å². The molecule has 3 aromatic carbocycles. The normalized spacial score (nSPS) is 18.1. The molecule has 1 amide bonds. The van der Waals surface area contributed by atoms with Crippen LogP contribution in [0.4, 0.5) is 0 Å². The van der Waals surface area contributed by atoms with Gasteiger partial charge in [0.1, 0.15) is 17.9 Å². The number of carbonyl (C=O) groups excluding carboxylic acids is 1. The van der Waals surface area contributed by atoms with Crippen molar-refractivity contribution in [2.24, 2.45) is 0 Å². The zero-order valence-corrected chi connectivity index (χ0v) is 20.0. The number of para-hydroxylation sites is 1. The van der Waals surface area contributed by atoms with Crippen molar-refractivity contribution in [2.45, 2.75) is 50.4 Å². The van der Waals surface area contributed by atoms with E-state index in [0.29, 0.717) is 18.5 Å². The van der Waals surface area contributed by atoms with Gasteiger partial charge in [-0.15, -0.1) is 0 Å². The van der Waals surface area contributed by atoms with Gasteiger partial charge in [-0.2, -0.15) is 0 Å². The molecule has 6 heteroatoms. The van der Waals surface area contributed by atoms with Gasteiger partial charge >= 0.3 is 5.97 Å². The third-order valence-electron chi connectivity index (χ3n) is 6.60. The number of carboxylic acid groups (broad SMARTS) is 1. The van der Waals surface area contributed by atoms with Crippen LogP contribution in [0.15, 0.2) is 84.9 Å². The number of benzene rings is 3. The van der Waals surface area contributed by atoms with Crippen LogP contribution in [0.3, 0.4) is 0 Å². The maximum atomic E-state index is 13.2. The molecule has 1 aliphatic carbocycles. The molecule has 2 N–H and O–H groups in total. The molecule has 4 rings (SSSR count). The van der Waals surface area contributed by atoms with Crippen LogP contribution >= 0.6 is 0 Å². The Balaban J connectivity index is 1.36. The number of carboxylic acids is 1. The minimum absolute atomic E-state index is 0.0148. The Morgan fingerprint density at radius 3 is 2.26 bits per heavy atom. The van der Waals surface area contributed by atoms with Crippen LogP contribution in [0, 0.1) is 0 Å². The van der Waals surface area contributed by atoms with E-state index in [2.05, 4.69) is 5.32 Å². The summed E-state index contributed by atoms with van der Waals surface area (Å²) in [6, 6.07) is 26.0. The zero-order valence-electron chi connectivity index (χ0n) is 20.0. The van der Waals surface area contributed by atoms with E-state index in [0.717, 1.165) is 36.1 Å². The monoisotopic (exact) mass is 472 g/mol. The summed E-state index contributed by atoms with van der Waals surface area (Å²) in [6.45, 7) is 0.479. The number of rotatable bonds is 10. The Morgan fingerprint density at radius 1 is 0.943 bits per heavy atom. The molecule has 0 heterocycles. The Morgan fingerprint density at radius 2 is 1.60 bits per heavy atom. The molecule has 0 bridgehead atoms. The molecular weight excluding hydrogens is 440 g/mol. The standard InChI is InChI=1S/C29H32N2O4/c1-31(26-13-8-14-27(26)35-24-11-6-3-7-12-24)28(32)23-17-15-21(16-18-23)19-25(29(33)34)30-20-22-9-4-2-5-10-22/h2-7,9-12,15-18,25-27,30H,8,13-14,19-20H2,1H3,(H,33,34). The first-order valence-corrected chi connectivity index (χ1v) is 12.1. The number of ether oxygens (including phenoxy) is 1. The van der Waals surface area contributed by atoms with Gasteiger partial charge < -0.3 is 20.1 Å². The average molecular weight is 473 g/mol. The SMILES string of the molecule is CN(C(=O)c1ccc(CC(NCc2ccccc2)C(=O)O)cc1)C1CCCC1Oc1ccccc1. The van der Waals surface area contributed by atoms with E-state index in [1.165, 1.54) is 0 Å². The Hall–Kier alpha value is -3.64. The third kappa shape index (κ3) is 6.49. The molecule has 1 aliphatic rings. The van der Waals surface area contributed by atoms with Crippen molar-refractivity contribution < 1.29 is 19.4 Å². The molecule has 6 nitrogen and oxygen atoms in total. The molecule has 1 fully saturated rings. The lowest BCUT2D eigenvalue weighted by Crippen LogP contribution is -2.43. The van der Waals surface area contributed by atoms with Gasteiger partial charge in [0.05, 0.1) is 6.04 Å². The molecule has 35 heavy (non-hydrogen) atoms. The van der Waals surface area contributed by atoms with Crippen molar-refractivity contribution in [1.29, 1.82) is 0 Å². The Kier molecular flexibility index (Phi) is 8.16. The number of hydrogen-bond donors (Lipinski definition) is 2. The van der Waals surface area contributed by atoms with E-state index >= 15 is 0 Å². The van der Waals surface area contributed by atoms with E-state index in [1.54, 1.807) is 17.0 Å². The summed E-state index contributed by atoms with van der Waals surface area (Å²) in [5, 5.41) is 12.8. The van der Waals surface area contributed by atoms with Crippen LogP contribution in [0.5, 0.6) is 5.75 Å². The van der Waals surface area contributed by atoms with Gasteiger partial charge in [0, 0.05) is 19.2 Å². The molecule has 0 saturated heterocycles. The summed E-state index contributed by atoms with van der Waals surface area (Å²) in [5.74, 6) is -0.128. The quantitative estimate of drug-likeness (QED) is 0.453. The van der Waals surface area contributed by atoms with Crippen LogP contribution in [-0.2, 0) is 17.8 Å². The fraction of sp³-hybridized carbons (Fsp3) is 0.310. The molecule has 0 radical (unpaired) electrons. The predicted octanol–water partition coefficient (Wildman–Crippen LogP) is 4.54. The van der Waals surface area contributed by atoms with Crippen LogP contribution in [0.1, 0.15) is 40.7 Å². The minimum Gasteiger partial charge on any atom is -0.488 e. The van der Waals surface area contributed by atoms with Crippen LogP contribution in [-0.4, -0.2) is 47.1 Å². The highest BCUT2D eigenvalue weighted by Crippen LogP contribution is 2.28. The van der Waals surface area contributed by atoms with E-state index < -0.39 is 12.0 Å². The highest BCUT2D eigenvalue weighted by atomic mass is 16.5. The molecule has 0 aromatic heterocycles. The molecule has 0 spiro atoms. The van der Waals surface area contributed by atoms with Gasteiger partial charge in [0.25, 0.3) is 5.91 Å². The van der Waals surface area contributed by atoms with Gasteiger partial charge in [-0.05, 0) is 61.1 Å². The Labute approximate surface area is 206 Å². The number of amides is 1. The van der Waals surface area contributed by atoms with Crippen molar-refractivity contribution in [1.82, 2.24) is 10.2 Å². The predicted molar refractivity (Wildman–Crippen MR) is 135 cm³/mol. The van der Waals surface area contributed by atoms with Gasteiger partial charge in [0.15, 0.2) is 0 Å². The van der Waals surface area contributed by atoms with Crippen LogP contribution < -0.4 is 10.1 Å². The summed E-state index contributed by atoms with van der Waals surface area (Å²) >= 11 is 0. The van der Waals surface area contributed by atoms with Crippen LogP contribution in [0.25, 0.3) is 0 Å². The lowest BCUT2D eigenvalue weighted by atomic mass is 10.0. The largest absolute Gasteiger partial charge is 0.488 e. The summed E-state index contributed by atoms with van der Waals surface area (Å²) < 4.78 is 6.18. The molecule has 182 valence electrons. The van der Waals surface area contributed by atoms with Gasteiger partial charge in [-0.1, -0.05) is 60.7 Å². The number of carbonyl (C=O) groups is 2. The number of nitrogens with zero attached hydrogens (tertiary/aromatic N) is 1. The van der Waals surface area contributed by atoms with E-state index in [9.17, 15) is 14.7 Å². The number of likely N-dealkylation sites (N-methyl/N-ethyl adjacent to an activating group) is 1. The lowest BCUT2D eigenvalue weighted by Gasteiger charge is -2.30. The third-order valence-corrected chi connectivity index (χ3v) is 6.60. The van der Waals surface area contributed by atoms with E-state index in [4.69, 9.17) is 4.74 Å². The Bertz CT molecular complexity index is 1100. The summed E-state index contributed by atoms with van der Waals surface area (Å²) in [6.07, 6.45) is 3.15. The zero-order chi connectivity index (χ0) is 24.6. The molecule has 3 atom stereocenters. The highest BCUT2D eigenvalue weighted by Gasteiger charge is 2.34. The van der Waals surface area contributed by atoms with E-state index in [-0.39, 0.29) is 18.1 Å². The maximum Gasteiger partial charge on any atom is 0.321 e. The summed E-state index contributed by atoms with van der Waals surface area (Å²) in [4.78, 5) is 26.7. The second-order valence-corrected chi connectivity index (χ2v) is 9.04. The second-order valence-electron chi connectivity index (χ2n) is 9.04. The number of nitrogens with one attached hydrogen (secondary N) is 1. The highest BCUT2D eigenvalue weighted by molar-refractivity contribution is 5.94.